The van der Waals surface area contributed by atoms with Crippen LogP contribution in [0.1, 0.15) is 12.6 Å². The van der Waals surface area contributed by atoms with Crippen molar-refractivity contribution in [2.45, 2.75) is 13.3 Å². The maximum atomic E-state index is 5.18. The van der Waals surface area contributed by atoms with Gasteiger partial charge in [-0.3, -0.25) is 4.98 Å². The Kier molecular flexibility index (Phi) is 6.38. The lowest BCUT2D eigenvalue weighted by Crippen LogP contribution is -1.96. The lowest BCUT2D eigenvalue weighted by molar-refractivity contribution is 1.06. The maximum Gasteiger partial charge on any atom is 0.160 e. The molecule has 4 nitrogen and oxygen atoms in total. The van der Waals surface area contributed by atoms with Crippen LogP contribution in [-0.4, -0.2) is 19.9 Å². The van der Waals surface area contributed by atoms with Gasteiger partial charge in [0, 0.05) is 38.5 Å². The predicted molar refractivity (Wildman–Crippen MR) is 181 cm³/mol. The fourth-order valence-corrected chi connectivity index (χ4v) is 5.89. The summed E-state index contributed by atoms with van der Waals surface area (Å²) in [5.41, 5.74) is 11.0. The van der Waals surface area contributed by atoms with Gasteiger partial charge in [-0.05, 0) is 47.9 Å². The van der Waals surface area contributed by atoms with Gasteiger partial charge in [0.2, 0.25) is 0 Å². The normalized spacial score (nSPS) is 11.4. The Morgan fingerprint density at radius 3 is 1.93 bits per heavy atom. The number of para-hydroxylation sites is 1. The van der Waals surface area contributed by atoms with E-state index in [0.717, 1.165) is 78.5 Å². The smallest absolute Gasteiger partial charge is 0.160 e. The second-order valence-corrected chi connectivity index (χ2v) is 11.0. The Hall–Kier alpha value is -5.74. The molecule has 0 atom stereocenters. The van der Waals surface area contributed by atoms with Gasteiger partial charge in [-0.25, -0.2) is 15.0 Å². The first-order valence-electron chi connectivity index (χ1n) is 15.0. The van der Waals surface area contributed by atoms with E-state index in [1.165, 1.54) is 5.56 Å². The van der Waals surface area contributed by atoms with Crippen LogP contribution in [0.2, 0.25) is 0 Å². The molecule has 0 spiro atoms. The van der Waals surface area contributed by atoms with Crippen LogP contribution in [0.25, 0.3) is 77.7 Å². The fraction of sp³-hybridized carbons (Fsp3) is 0.0500. The van der Waals surface area contributed by atoms with E-state index in [9.17, 15) is 0 Å². The minimum atomic E-state index is 0.686. The Balaban J connectivity index is 1.25. The van der Waals surface area contributed by atoms with Gasteiger partial charge in [-0.2, -0.15) is 0 Å². The average Bonchev–Trinajstić information content (AvgIpc) is 3.11. The number of nitrogens with zero attached hydrogens (tertiary/aromatic N) is 4. The van der Waals surface area contributed by atoms with Crippen molar-refractivity contribution < 1.29 is 0 Å². The zero-order valence-electron chi connectivity index (χ0n) is 24.3. The third-order valence-corrected chi connectivity index (χ3v) is 8.20. The number of aromatic nitrogens is 4. The van der Waals surface area contributed by atoms with Crippen LogP contribution < -0.4 is 0 Å². The SMILES string of the molecule is CCc1ccc2ccc3ccc(-c4cccc(-c5nc(-c6cccc(-c7ccccc7)c6)c6ccccc6n5)c4)nc3c2n1. The van der Waals surface area contributed by atoms with Crippen LogP contribution in [0.3, 0.4) is 0 Å². The lowest BCUT2D eigenvalue weighted by atomic mass is 9.99. The third-order valence-electron chi connectivity index (χ3n) is 8.20. The molecule has 0 fully saturated rings. The first-order chi connectivity index (χ1) is 21.7. The zero-order chi connectivity index (χ0) is 29.5. The van der Waals surface area contributed by atoms with Crippen molar-refractivity contribution in [2.75, 3.05) is 0 Å². The van der Waals surface area contributed by atoms with E-state index in [2.05, 4.69) is 128 Å². The summed E-state index contributed by atoms with van der Waals surface area (Å²) in [6.45, 7) is 2.13. The summed E-state index contributed by atoms with van der Waals surface area (Å²) in [6.07, 6.45) is 0.887. The van der Waals surface area contributed by atoms with Crippen molar-refractivity contribution >= 4 is 32.7 Å². The molecule has 44 heavy (non-hydrogen) atoms. The van der Waals surface area contributed by atoms with Crippen LogP contribution in [0, 0.1) is 0 Å². The minimum absolute atomic E-state index is 0.686. The van der Waals surface area contributed by atoms with E-state index >= 15 is 0 Å². The molecule has 0 aliphatic heterocycles. The Morgan fingerprint density at radius 1 is 0.455 bits per heavy atom. The van der Waals surface area contributed by atoms with E-state index < -0.39 is 0 Å². The molecule has 0 saturated heterocycles. The second kappa shape index (κ2) is 10.8. The highest BCUT2D eigenvalue weighted by molar-refractivity contribution is 6.03. The summed E-state index contributed by atoms with van der Waals surface area (Å²) in [7, 11) is 0. The highest BCUT2D eigenvalue weighted by Gasteiger charge is 2.14. The molecule has 208 valence electrons. The molecule has 5 aromatic carbocycles. The quantitative estimate of drug-likeness (QED) is 0.195. The maximum absolute atomic E-state index is 5.18. The number of fused-ring (bicyclic) bond motifs is 4. The molecule has 0 unspecified atom stereocenters. The lowest BCUT2D eigenvalue weighted by Gasteiger charge is -2.12. The largest absolute Gasteiger partial charge is 0.251 e. The standard InChI is InChI=1S/C40H28N4/c1-2-33-22-20-27-18-19-28-21-23-35(42-39(28)38(27)41-33)30-13-9-15-32(25-30)40-43-36-17-7-6-16-34(36)37(44-40)31-14-8-12-29(24-31)26-10-4-3-5-11-26/h3-25H,2H2,1H3. The van der Waals surface area contributed by atoms with Gasteiger partial charge < -0.3 is 0 Å². The molecular formula is C40H28N4. The predicted octanol–water partition coefficient (Wildman–Crippen LogP) is 9.96. The first-order valence-corrected chi connectivity index (χ1v) is 15.0. The fourth-order valence-electron chi connectivity index (χ4n) is 5.89. The van der Waals surface area contributed by atoms with Gasteiger partial charge >= 0.3 is 0 Å². The first kappa shape index (κ1) is 25.9. The third kappa shape index (κ3) is 4.67. The molecule has 0 saturated carbocycles. The molecule has 0 radical (unpaired) electrons. The van der Waals surface area contributed by atoms with Gasteiger partial charge in [0.1, 0.15) is 0 Å². The molecule has 8 aromatic rings. The number of hydrogen-bond donors (Lipinski definition) is 0. The van der Waals surface area contributed by atoms with Crippen LogP contribution in [0.4, 0.5) is 0 Å². The van der Waals surface area contributed by atoms with E-state index in [4.69, 9.17) is 19.9 Å². The number of benzene rings is 5. The van der Waals surface area contributed by atoms with Gasteiger partial charge in [0.25, 0.3) is 0 Å². The van der Waals surface area contributed by atoms with Crippen molar-refractivity contribution in [1.29, 1.82) is 0 Å². The Bertz CT molecular complexity index is 2330. The van der Waals surface area contributed by atoms with E-state index in [1.807, 2.05) is 18.2 Å². The number of hydrogen-bond acceptors (Lipinski definition) is 4. The molecule has 0 amide bonds. The van der Waals surface area contributed by atoms with Gasteiger partial charge in [-0.15, -0.1) is 0 Å². The molecule has 3 aromatic heterocycles. The van der Waals surface area contributed by atoms with Crippen molar-refractivity contribution in [2.24, 2.45) is 0 Å². The summed E-state index contributed by atoms with van der Waals surface area (Å²) in [6, 6.07) is 48.3. The molecular weight excluding hydrogens is 536 g/mol. The minimum Gasteiger partial charge on any atom is -0.251 e. The van der Waals surface area contributed by atoms with Crippen molar-refractivity contribution in [3.8, 4) is 45.0 Å². The highest BCUT2D eigenvalue weighted by Crippen LogP contribution is 2.33. The molecule has 3 heterocycles. The topological polar surface area (TPSA) is 51.6 Å². The van der Waals surface area contributed by atoms with Crippen LogP contribution in [0.15, 0.2) is 140 Å². The van der Waals surface area contributed by atoms with E-state index in [0.29, 0.717) is 5.82 Å². The van der Waals surface area contributed by atoms with Crippen LogP contribution in [-0.2, 0) is 6.42 Å². The molecule has 0 aliphatic rings. The summed E-state index contributed by atoms with van der Waals surface area (Å²) in [5.74, 6) is 0.686. The Labute approximate surface area is 255 Å². The molecule has 0 bridgehead atoms. The Morgan fingerprint density at radius 2 is 1.09 bits per heavy atom. The van der Waals surface area contributed by atoms with Crippen LogP contribution >= 0.6 is 0 Å². The number of pyridine rings is 2. The van der Waals surface area contributed by atoms with E-state index in [1.54, 1.807) is 0 Å². The molecule has 0 N–H and O–H groups in total. The second-order valence-electron chi connectivity index (χ2n) is 11.0. The average molecular weight is 565 g/mol. The van der Waals surface area contributed by atoms with Crippen LogP contribution in [0.5, 0.6) is 0 Å². The molecule has 4 heteroatoms. The zero-order valence-corrected chi connectivity index (χ0v) is 24.3. The van der Waals surface area contributed by atoms with Crippen molar-refractivity contribution in [1.82, 2.24) is 19.9 Å². The van der Waals surface area contributed by atoms with Gasteiger partial charge in [-0.1, -0.05) is 116 Å². The van der Waals surface area contributed by atoms with Gasteiger partial charge in [0.15, 0.2) is 5.82 Å². The molecule has 8 rings (SSSR count). The van der Waals surface area contributed by atoms with Crippen molar-refractivity contribution in [3.05, 3.63) is 145 Å². The number of rotatable bonds is 5. The van der Waals surface area contributed by atoms with Gasteiger partial charge in [0.05, 0.1) is 27.9 Å². The van der Waals surface area contributed by atoms with Crippen molar-refractivity contribution in [3.63, 3.8) is 0 Å². The van der Waals surface area contributed by atoms with E-state index in [-0.39, 0.29) is 0 Å². The summed E-state index contributed by atoms with van der Waals surface area (Å²) in [5, 5.41) is 3.21. The summed E-state index contributed by atoms with van der Waals surface area (Å²) < 4.78 is 0. The number of aryl methyl sites for hydroxylation is 1. The summed E-state index contributed by atoms with van der Waals surface area (Å²) >= 11 is 0. The monoisotopic (exact) mass is 564 g/mol. The summed E-state index contributed by atoms with van der Waals surface area (Å²) in [4.78, 5) is 20.3. The highest BCUT2D eigenvalue weighted by atomic mass is 14.9. The molecule has 0 aliphatic carbocycles.